The second kappa shape index (κ2) is 5.45. The average Bonchev–Trinajstić information content (AvgIpc) is 3.43. The number of H-pyrrole nitrogens is 2. The molecule has 2 aliphatic rings. The SMILES string of the molecule is COC(=O)c1[nH]cc2c1C1(CN(C)c3ccc(Cl)cc31)c1[nH]c3ccccc3c1-2. The van der Waals surface area contributed by atoms with Crippen LogP contribution >= 0.6 is 11.6 Å². The van der Waals surface area contributed by atoms with Gasteiger partial charge in [0.1, 0.15) is 5.69 Å². The van der Waals surface area contributed by atoms with E-state index in [0.717, 1.165) is 44.5 Å². The van der Waals surface area contributed by atoms with Crippen LogP contribution in [0, 0.1) is 0 Å². The molecule has 4 aromatic rings. The van der Waals surface area contributed by atoms with Gasteiger partial charge in [0.15, 0.2) is 0 Å². The summed E-state index contributed by atoms with van der Waals surface area (Å²) in [4.78, 5) is 21.8. The number of nitrogens with one attached hydrogen (secondary N) is 2. The van der Waals surface area contributed by atoms with Crippen molar-refractivity contribution in [2.75, 3.05) is 25.6 Å². The Kier molecular flexibility index (Phi) is 3.15. The van der Waals surface area contributed by atoms with Crippen LogP contribution in [0.1, 0.15) is 27.3 Å². The normalized spacial score (nSPS) is 18.9. The molecule has 1 atom stereocenters. The molecule has 3 heterocycles. The first-order valence-corrected chi connectivity index (χ1v) is 9.87. The third-order valence-corrected chi connectivity index (χ3v) is 6.64. The molecule has 0 saturated carbocycles. The molecule has 1 spiro atoms. The summed E-state index contributed by atoms with van der Waals surface area (Å²) >= 11 is 6.44. The lowest BCUT2D eigenvalue weighted by Crippen LogP contribution is -2.34. The van der Waals surface area contributed by atoms with Gasteiger partial charge in [0.05, 0.1) is 12.5 Å². The van der Waals surface area contributed by atoms with E-state index >= 15 is 0 Å². The van der Waals surface area contributed by atoms with E-state index in [4.69, 9.17) is 16.3 Å². The quantitative estimate of drug-likeness (QED) is 0.453. The highest BCUT2D eigenvalue weighted by Crippen LogP contribution is 2.60. The molecule has 0 amide bonds. The van der Waals surface area contributed by atoms with Crippen LogP contribution in [0.3, 0.4) is 0 Å². The summed E-state index contributed by atoms with van der Waals surface area (Å²) in [5.41, 5.74) is 7.52. The third kappa shape index (κ3) is 1.88. The van der Waals surface area contributed by atoms with Crippen LogP contribution in [0.4, 0.5) is 5.69 Å². The number of benzene rings is 2. The van der Waals surface area contributed by atoms with Gasteiger partial charge >= 0.3 is 5.97 Å². The van der Waals surface area contributed by atoms with Crippen molar-refractivity contribution in [2.45, 2.75) is 5.41 Å². The lowest BCUT2D eigenvalue weighted by molar-refractivity contribution is 0.0592. The van der Waals surface area contributed by atoms with Crippen molar-refractivity contribution in [3.63, 3.8) is 0 Å². The van der Waals surface area contributed by atoms with Gasteiger partial charge in [-0.1, -0.05) is 29.8 Å². The van der Waals surface area contributed by atoms with Gasteiger partial charge in [0.2, 0.25) is 0 Å². The maximum absolute atomic E-state index is 12.7. The van der Waals surface area contributed by atoms with Gasteiger partial charge in [-0.25, -0.2) is 4.79 Å². The van der Waals surface area contributed by atoms with E-state index < -0.39 is 5.41 Å². The molecule has 29 heavy (non-hydrogen) atoms. The first kappa shape index (κ1) is 16.7. The van der Waals surface area contributed by atoms with Crippen molar-refractivity contribution in [1.82, 2.24) is 9.97 Å². The van der Waals surface area contributed by atoms with Gasteiger partial charge in [0, 0.05) is 63.8 Å². The number of carbonyl (C=O) groups is 1. The van der Waals surface area contributed by atoms with Crippen LogP contribution in [0.2, 0.25) is 5.02 Å². The molecule has 1 unspecified atom stereocenters. The number of aromatic nitrogens is 2. The molecular formula is C23H18ClN3O2. The Morgan fingerprint density at radius 3 is 2.90 bits per heavy atom. The average molecular weight is 404 g/mol. The van der Waals surface area contributed by atoms with E-state index in [-0.39, 0.29) is 5.97 Å². The summed E-state index contributed by atoms with van der Waals surface area (Å²) in [6.07, 6.45) is 1.93. The summed E-state index contributed by atoms with van der Waals surface area (Å²) in [7, 11) is 3.49. The molecule has 6 rings (SSSR count). The maximum Gasteiger partial charge on any atom is 0.354 e. The molecule has 1 aliphatic heterocycles. The molecule has 5 nitrogen and oxygen atoms in total. The number of fused-ring (bicyclic) bond motifs is 9. The van der Waals surface area contributed by atoms with Crippen LogP contribution in [0.25, 0.3) is 22.0 Å². The van der Waals surface area contributed by atoms with E-state index in [1.54, 1.807) is 0 Å². The van der Waals surface area contributed by atoms with E-state index in [0.29, 0.717) is 17.3 Å². The minimum atomic E-state index is -0.526. The molecule has 2 aromatic carbocycles. The van der Waals surface area contributed by atoms with Gasteiger partial charge in [-0.2, -0.15) is 0 Å². The zero-order valence-corrected chi connectivity index (χ0v) is 16.7. The second-order valence-corrected chi connectivity index (χ2v) is 8.22. The monoisotopic (exact) mass is 403 g/mol. The number of hydrogen-bond acceptors (Lipinski definition) is 3. The summed E-state index contributed by atoms with van der Waals surface area (Å²) < 4.78 is 5.10. The molecule has 2 aromatic heterocycles. The predicted octanol–water partition coefficient (Wildman–Crippen LogP) is 4.70. The van der Waals surface area contributed by atoms with Crippen LogP contribution in [0.5, 0.6) is 0 Å². The highest BCUT2D eigenvalue weighted by atomic mass is 35.5. The van der Waals surface area contributed by atoms with Gasteiger partial charge in [0.25, 0.3) is 0 Å². The van der Waals surface area contributed by atoms with Crippen molar-refractivity contribution >= 4 is 34.2 Å². The number of nitrogens with zero attached hydrogens (tertiary/aromatic N) is 1. The van der Waals surface area contributed by atoms with Crippen LogP contribution in [-0.2, 0) is 10.2 Å². The zero-order valence-electron chi connectivity index (χ0n) is 16.0. The highest BCUT2D eigenvalue weighted by Gasteiger charge is 2.55. The number of anilines is 1. The molecule has 0 fully saturated rings. The van der Waals surface area contributed by atoms with Gasteiger partial charge in [-0.3, -0.25) is 0 Å². The smallest absolute Gasteiger partial charge is 0.354 e. The lowest BCUT2D eigenvalue weighted by atomic mass is 9.76. The van der Waals surface area contributed by atoms with E-state index in [1.807, 2.05) is 30.5 Å². The molecular weight excluding hydrogens is 386 g/mol. The molecule has 0 saturated heterocycles. The maximum atomic E-state index is 12.7. The second-order valence-electron chi connectivity index (χ2n) is 7.79. The number of ether oxygens (including phenoxy) is 1. The fraction of sp³-hybridized carbons (Fsp3) is 0.174. The van der Waals surface area contributed by atoms with Crippen LogP contribution < -0.4 is 4.90 Å². The zero-order chi connectivity index (χ0) is 19.9. The number of halogens is 1. The largest absolute Gasteiger partial charge is 0.464 e. The van der Waals surface area contributed by atoms with Crippen molar-refractivity contribution in [3.8, 4) is 11.1 Å². The molecule has 0 radical (unpaired) electrons. The molecule has 0 bridgehead atoms. The van der Waals surface area contributed by atoms with Crippen molar-refractivity contribution in [2.24, 2.45) is 0 Å². The van der Waals surface area contributed by atoms with Gasteiger partial charge < -0.3 is 19.6 Å². The van der Waals surface area contributed by atoms with Crippen LogP contribution in [-0.4, -0.2) is 36.6 Å². The summed E-state index contributed by atoms with van der Waals surface area (Å²) in [6.45, 7) is 0.706. The standard InChI is InChI=1S/C23H18ClN3O2/c1-27-11-23(15-9-12(24)7-8-17(15)27)19-14(10-25-20(19)22(28)29-2)18-13-5-3-4-6-16(13)26-21(18)23/h3-10,25-26H,11H2,1-2H3. The predicted molar refractivity (Wildman–Crippen MR) is 114 cm³/mol. The van der Waals surface area contributed by atoms with Crippen LogP contribution in [0.15, 0.2) is 48.7 Å². The minimum absolute atomic E-state index is 0.363. The van der Waals surface area contributed by atoms with Gasteiger partial charge in [-0.05, 0) is 29.8 Å². The molecule has 2 N–H and O–H groups in total. The summed E-state index contributed by atoms with van der Waals surface area (Å²) in [5.74, 6) is -0.363. The molecule has 144 valence electrons. The lowest BCUT2D eigenvalue weighted by Gasteiger charge is -2.27. The van der Waals surface area contributed by atoms with E-state index in [9.17, 15) is 4.79 Å². The number of rotatable bonds is 1. The van der Waals surface area contributed by atoms with Crippen molar-refractivity contribution < 1.29 is 9.53 Å². The molecule has 1 aliphatic carbocycles. The minimum Gasteiger partial charge on any atom is -0.464 e. The topological polar surface area (TPSA) is 61.1 Å². The number of aromatic amines is 2. The fourth-order valence-electron chi connectivity index (χ4n) is 5.33. The number of esters is 1. The Morgan fingerprint density at radius 1 is 1.24 bits per heavy atom. The number of carbonyl (C=O) groups excluding carboxylic acids is 1. The van der Waals surface area contributed by atoms with Crippen molar-refractivity contribution in [3.05, 3.63) is 76.2 Å². The van der Waals surface area contributed by atoms with Gasteiger partial charge in [-0.15, -0.1) is 0 Å². The Hall–Kier alpha value is -3.18. The number of methoxy groups -OCH3 is 1. The number of para-hydroxylation sites is 1. The highest BCUT2D eigenvalue weighted by molar-refractivity contribution is 6.30. The third-order valence-electron chi connectivity index (χ3n) is 6.40. The van der Waals surface area contributed by atoms with E-state index in [2.05, 4.69) is 40.1 Å². The molecule has 6 heteroatoms. The summed E-state index contributed by atoms with van der Waals surface area (Å²) in [6, 6.07) is 14.3. The summed E-state index contributed by atoms with van der Waals surface area (Å²) in [5, 5.41) is 1.83. The fourth-order valence-corrected chi connectivity index (χ4v) is 5.50. The number of hydrogen-bond donors (Lipinski definition) is 2. The Balaban J connectivity index is 1.79. The Bertz CT molecular complexity index is 1340. The number of likely N-dealkylation sites (N-methyl/N-ethyl adjacent to an activating group) is 1. The first-order chi connectivity index (χ1) is 14.1. The Labute approximate surface area is 172 Å². The first-order valence-electron chi connectivity index (χ1n) is 9.49. The van der Waals surface area contributed by atoms with Crippen molar-refractivity contribution in [1.29, 1.82) is 0 Å². The van der Waals surface area contributed by atoms with E-state index in [1.165, 1.54) is 7.11 Å². The Morgan fingerprint density at radius 2 is 2.07 bits per heavy atom.